The van der Waals surface area contributed by atoms with Crippen molar-refractivity contribution in [2.45, 2.75) is 18.3 Å². The van der Waals surface area contributed by atoms with Gasteiger partial charge in [-0.3, -0.25) is 4.98 Å². The first-order chi connectivity index (χ1) is 6.32. The number of methoxy groups -OCH3 is 1. The van der Waals surface area contributed by atoms with Crippen molar-refractivity contribution in [2.75, 3.05) is 13.7 Å². The Labute approximate surface area is 77.9 Å². The van der Waals surface area contributed by atoms with Crippen LogP contribution in [0.25, 0.3) is 0 Å². The minimum atomic E-state index is 0.118. The maximum atomic E-state index is 5.73. The van der Waals surface area contributed by atoms with Gasteiger partial charge >= 0.3 is 0 Å². The average molecular weight is 178 g/mol. The molecule has 1 fully saturated rings. The molecule has 0 spiro atoms. The van der Waals surface area contributed by atoms with E-state index in [0.29, 0.717) is 6.54 Å². The molecule has 13 heavy (non-hydrogen) atoms. The van der Waals surface area contributed by atoms with Crippen LogP contribution in [-0.4, -0.2) is 18.6 Å². The fourth-order valence-corrected chi connectivity index (χ4v) is 1.64. The number of hydrogen-bond donors (Lipinski definition) is 1. The molecule has 2 N–H and O–H groups in total. The van der Waals surface area contributed by atoms with Crippen molar-refractivity contribution in [3.63, 3.8) is 0 Å². The fraction of sp³-hybridized carbons (Fsp3) is 0.500. The molecule has 3 nitrogen and oxygen atoms in total. The molecular formula is C10H14N2O. The van der Waals surface area contributed by atoms with Crippen LogP contribution in [-0.2, 0) is 5.41 Å². The smallest absolute Gasteiger partial charge is 0.140 e. The van der Waals surface area contributed by atoms with Gasteiger partial charge in [-0.1, -0.05) is 0 Å². The van der Waals surface area contributed by atoms with E-state index in [2.05, 4.69) is 4.98 Å². The Morgan fingerprint density at radius 3 is 2.92 bits per heavy atom. The minimum Gasteiger partial charge on any atom is -0.495 e. The van der Waals surface area contributed by atoms with Crippen molar-refractivity contribution in [1.29, 1.82) is 0 Å². The lowest BCUT2D eigenvalue weighted by Gasteiger charge is -2.14. The summed E-state index contributed by atoms with van der Waals surface area (Å²) >= 11 is 0. The number of ether oxygens (including phenoxy) is 1. The van der Waals surface area contributed by atoms with Crippen molar-refractivity contribution in [3.05, 3.63) is 24.0 Å². The Balaban J connectivity index is 2.39. The summed E-state index contributed by atoms with van der Waals surface area (Å²) in [5, 5.41) is 0. The Bertz CT molecular complexity index is 308. The van der Waals surface area contributed by atoms with Crippen LogP contribution in [0.1, 0.15) is 18.5 Å². The van der Waals surface area contributed by atoms with Crippen molar-refractivity contribution >= 4 is 0 Å². The van der Waals surface area contributed by atoms with E-state index in [0.717, 1.165) is 24.3 Å². The number of pyridine rings is 1. The fourth-order valence-electron chi connectivity index (χ4n) is 1.64. The lowest BCUT2D eigenvalue weighted by atomic mass is 10.0. The van der Waals surface area contributed by atoms with Crippen LogP contribution in [0.2, 0.25) is 0 Å². The zero-order valence-corrected chi connectivity index (χ0v) is 7.79. The van der Waals surface area contributed by atoms with Crippen molar-refractivity contribution in [3.8, 4) is 5.75 Å². The van der Waals surface area contributed by atoms with Gasteiger partial charge in [0.15, 0.2) is 0 Å². The predicted octanol–water partition coefficient (Wildman–Crippen LogP) is 1.08. The van der Waals surface area contributed by atoms with Crippen LogP contribution >= 0.6 is 0 Å². The van der Waals surface area contributed by atoms with Crippen LogP contribution in [0.15, 0.2) is 18.3 Å². The standard InChI is InChI=1S/C10H14N2O/c1-13-8-3-2-6-12-9(8)10(7-11)4-5-10/h2-3,6H,4-5,7,11H2,1H3. The summed E-state index contributed by atoms with van der Waals surface area (Å²) in [6.07, 6.45) is 4.07. The van der Waals surface area contributed by atoms with Gasteiger partial charge in [0.25, 0.3) is 0 Å². The SMILES string of the molecule is COc1cccnc1C1(CN)CC1. The van der Waals surface area contributed by atoms with Crippen LogP contribution in [0.4, 0.5) is 0 Å². The lowest BCUT2D eigenvalue weighted by molar-refractivity contribution is 0.400. The first kappa shape index (κ1) is 8.51. The van der Waals surface area contributed by atoms with Gasteiger partial charge in [-0.25, -0.2) is 0 Å². The monoisotopic (exact) mass is 178 g/mol. The zero-order chi connectivity index (χ0) is 9.31. The minimum absolute atomic E-state index is 0.118. The summed E-state index contributed by atoms with van der Waals surface area (Å²) in [5.74, 6) is 0.866. The summed E-state index contributed by atoms with van der Waals surface area (Å²) in [7, 11) is 1.67. The molecule has 3 heteroatoms. The van der Waals surface area contributed by atoms with E-state index in [-0.39, 0.29) is 5.41 Å². The van der Waals surface area contributed by atoms with E-state index in [1.807, 2.05) is 12.1 Å². The van der Waals surface area contributed by atoms with E-state index in [1.54, 1.807) is 13.3 Å². The number of nitrogens with two attached hydrogens (primary N) is 1. The van der Waals surface area contributed by atoms with Gasteiger partial charge in [0.2, 0.25) is 0 Å². The van der Waals surface area contributed by atoms with Crippen molar-refractivity contribution in [1.82, 2.24) is 4.98 Å². The summed E-state index contributed by atoms with van der Waals surface area (Å²) in [6, 6.07) is 3.83. The second-order valence-electron chi connectivity index (χ2n) is 3.54. The van der Waals surface area contributed by atoms with Gasteiger partial charge in [0, 0.05) is 18.2 Å². The summed E-state index contributed by atoms with van der Waals surface area (Å²) in [5.41, 5.74) is 6.87. The zero-order valence-electron chi connectivity index (χ0n) is 7.79. The molecule has 0 radical (unpaired) electrons. The van der Waals surface area contributed by atoms with E-state index in [1.165, 1.54) is 0 Å². The highest BCUT2D eigenvalue weighted by molar-refractivity contribution is 5.37. The molecule has 0 saturated heterocycles. The van der Waals surface area contributed by atoms with Crippen LogP contribution in [0, 0.1) is 0 Å². The maximum absolute atomic E-state index is 5.73. The van der Waals surface area contributed by atoms with Gasteiger partial charge < -0.3 is 10.5 Å². The predicted molar refractivity (Wildman–Crippen MR) is 50.8 cm³/mol. The maximum Gasteiger partial charge on any atom is 0.140 e. The number of aromatic nitrogens is 1. The van der Waals surface area contributed by atoms with Gasteiger partial charge in [-0.15, -0.1) is 0 Å². The highest BCUT2D eigenvalue weighted by Gasteiger charge is 2.46. The van der Waals surface area contributed by atoms with Gasteiger partial charge in [-0.2, -0.15) is 0 Å². The molecule has 70 valence electrons. The summed E-state index contributed by atoms with van der Waals surface area (Å²) < 4.78 is 5.26. The van der Waals surface area contributed by atoms with Gasteiger partial charge in [0.1, 0.15) is 5.75 Å². The largest absolute Gasteiger partial charge is 0.495 e. The quantitative estimate of drug-likeness (QED) is 0.753. The Morgan fingerprint density at radius 2 is 2.38 bits per heavy atom. The Kier molecular flexibility index (Phi) is 1.96. The highest BCUT2D eigenvalue weighted by Crippen LogP contribution is 2.49. The van der Waals surface area contributed by atoms with Crippen molar-refractivity contribution in [2.24, 2.45) is 5.73 Å². The van der Waals surface area contributed by atoms with Crippen LogP contribution < -0.4 is 10.5 Å². The molecule has 0 aliphatic heterocycles. The molecule has 1 aromatic rings. The van der Waals surface area contributed by atoms with E-state index in [9.17, 15) is 0 Å². The lowest BCUT2D eigenvalue weighted by Crippen LogP contribution is -2.21. The normalized spacial score (nSPS) is 18.3. The average Bonchev–Trinajstić information content (AvgIpc) is 2.98. The number of rotatable bonds is 3. The molecule has 0 atom stereocenters. The molecule has 0 unspecified atom stereocenters. The molecule has 1 saturated carbocycles. The topological polar surface area (TPSA) is 48.1 Å². The Morgan fingerprint density at radius 1 is 1.62 bits per heavy atom. The molecule has 1 aliphatic carbocycles. The molecular weight excluding hydrogens is 164 g/mol. The molecule has 1 heterocycles. The van der Waals surface area contributed by atoms with Crippen LogP contribution in [0.5, 0.6) is 5.75 Å². The molecule has 0 amide bonds. The Hall–Kier alpha value is -1.09. The third kappa shape index (κ3) is 1.29. The molecule has 1 aromatic heterocycles. The van der Waals surface area contributed by atoms with E-state index in [4.69, 9.17) is 10.5 Å². The highest BCUT2D eigenvalue weighted by atomic mass is 16.5. The van der Waals surface area contributed by atoms with E-state index < -0.39 is 0 Å². The molecule has 1 aliphatic rings. The van der Waals surface area contributed by atoms with Gasteiger partial charge in [-0.05, 0) is 25.0 Å². The summed E-state index contributed by atoms with van der Waals surface area (Å²) in [4.78, 5) is 4.35. The third-order valence-electron chi connectivity index (χ3n) is 2.74. The summed E-state index contributed by atoms with van der Waals surface area (Å²) in [6.45, 7) is 0.667. The molecule has 0 aromatic carbocycles. The first-order valence-electron chi connectivity index (χ1n) is 4.52. The second kappa shape index (κ2) is 3.00. The van der Waals surface area contributed by atoms with E-state index >= 15 is 0 Å². The first-order valence-corrected chi connectivity index (χ1v) is 4.52. The number of hydrogen-bond acceptors (Lipinski definition) is 3. The second-order valence-corrected chi connectivity index (χ2v) is 3.54. The van der Waals surface area contributed by atoms with Crippen molar-refractivity contribution < 1.29 is 4.74 Å². The van der Waals surface area contributed by atoms with Crippen LogP contribution in [0.3, 0.4) is 0 Å². The molecule has 2 rings (SSSR count). The molecule has 0 bridgehead atoms. The third-order valence-corrected chi connectivity index (χ3v) is 2.74. The van der Waals surface area contributed by atoms with Gasteiger partial charge in [0.05, 0.1) is 12.8 Å². The number of nitrogens with zero attached hydrogens (tertiary/aromatic N) is 1.